The van der Waals surface area contributed by atoms with Crippen LogP contribution >= 0.6 is 0 Å². The average Bonchev–Trinajstić information content (AvgIpc) is 3.68. The zero-order valence-corrected chi connectivity index (χ0v) is 19.8. The summed E-state index contributed by atoms with van der Waals surface area (Å²) in [5.41, 5.74) is 3.75. The maximum absolute atomic E-state index is 9.58. The van der Waals surface area contributed by atoms with Gasteiger partial charge in [0.1, 0.15) is 0 Å². The van der Waals surface area contributed by atoms with Crippen LogP contribution < -0.4 is 15.5 Å². The zero-order valence-electron chi connectivity index (χ0n) is 19.8. The summed E-state index contributed by atoms with van der Waals surface area (Å²) in [6.07, 6.45) is 10.8. The first-order chi connectivity index (χ1) is 16.1. The van der Waals surface area contributed by atoms with Crippen molar-refractivity contribution in [2.24, 2.45) is 5.92 Å². The molecule has 2 aliphatic heterocycles. The smallest absolute Gasteiger partial charge is 0.229 e. The molecule has 1 aromatic heterocycles. The minimum Gasteiger partial charge on any atom is -0.373 e. The van der Waals surface area contributed by atoms with E-state index in [1.165, 1.54) is 63.6 Å². The number of nitrogens with one attached hydrogen (secondary N) is 2. The van der Waals surface area contributed by atoms with Gasteiger partial charge in [-0.2, -0.15) is 10.2 Å². The third-order valence-electron chi connectivity index (χ3n) is 7.46. The lowest BCUT2D eigenvalue weighted by molar-refractivity contribution is 0.0649. The van der Waals surface area contributed by atoms with Crippen molar-refractivity contribution in [1.29, 1.82) is 5.26 Å². The largest absolute Gasteiger partial charge is 0.373 e. The highest BCUT2D eigenvalue weighted by Crippen LogP contribution is 2.42. The number of piperidine rings is 2. The van der Waals surface area contributed by atoms with Crippen LogP contribution in [-0.2, 0) is 0 Å². The Kier molecular flexibility index (Phi) is 6.37. The van der Waals surface area contributed by atoms with Gasteiger partial charge in [-0.1, -0.05) is 12.5 Å². The fourth-order valence-electron chi connectivity index (χ4n) is 5.55. The van der Waals surface area contributed by atoms with Crippen LogP contribution in [0.3, 0.4) is 0 Å². The standard InChI is InChI=1S/C26H35N7/c1-32(2)24-17-29-26(30-21-10-11-22(18-8-9-18)20(14-21)15-27)31-25(24)28-16-19-6-5-13-33-12-4-3-7-23(19)33/h10-11,14,17-19,23H,3-9,12-13,16H2,1-2H3,(H2,28,29,30,31). The van der Waals surface area contributed by atoms with E-state index in [9.17, 15) is 5.26 Å². The van der Waals surface area contributed by atoms with E-state index < -0.39 is 0 Å². The van der Waals surface area contributed by atoms with Crippen LogP contribution in [0.2, 0.25) is 0 Å². The molecular weight excluding hydrogens is 410 g/mol. The van der Waals surface area contributed by atoms with Gasteiger partial charge in [0.2, 0.25) is 5.95 Å². The van der Waals surface area contributed by atoms with E-state index in [2.05, 4.69) is 37.6 Å². The summed E-state index contributed by atoms with van der Waals surface area (Å²) in [4.78, 5) is 14.1. The first kappa shape index (κ1) is 22.0. The van der Waals surface area contributed by atoms with Gasteiger partial charge in [0.05, 0.1) is 23.5 Å². The van der Waals surface area contributed by atoms with Gasteiger partial charge in [0.25, 0.3) is 0 Å². The van der Waals surface area contributed by atoms with Crippen molar-refractivity contribution in [1.82, 2.24) is 14.9 Å². The average molecular weight is 446 g/mol. The molecule has 2 atom stereocenters. The van der Waals surface area contributed by atoms with Crippen LogP contribution in [0.4, 0.5) is 23.1 Å². The van der Waals surface area contributed by atoms with Gasteiger partial charge in [-0.15, -0.1) is 0 Å². The molecule has 3 fully saturated rings. The molecule has 7 heteroatoms. The SMILES string of the molecule is CN(C)c1cnc(Nc2ccc(C3CC3)c(C#N)c2)nc1NCC1CCCN2CCCCC12. The van der Waals surface area contributed by atoms with Crippen molar-refractivity contribution in [3.05, 3.63) is 35.5 Å². The molecule has 0 amide bonds. The molecule has 2 N–H and O–H groups in total. The van der Waals surface area contributed by atoms with Crippen molar-refractivity contribution in [2.75, 3.05) is 49.3 Å². The van der Waals surface area contributed by atoms with Crippen LogP contribution in [0.5, 0.6) is 0 Å². The van der Waals surface area contributed by atoms with Gasteiger partial charge in [-0.25, -0.2) is 4.98 Å². The molecule has 2 unspecified atom stereocenters. The minimum absolute atomic E-state index is 0.550. The summed E-state index contributed by atoms with van der Waals surface area (Å²) in [6, 6.07) is 9.09. The summed E-state index contributed by atoms with van der Waals surface area (Å²) in [5, 5.41) is 16.6. The summed E-state index contributed by atoms with van der Waals surface area (Å²) in [5.74, 6) is 2.63. The number of nitriles is 1. The monoisotopic (exact) mass is 445 g/mol. The molecule has 0 spiro atoms. The van der Waals surface area contributed by atoms with Crippen molar-refractivity contribution in [3.8, 4) is 6.07 Å². The first-order valence-electron chi connectivity index (χ1n) is 12.5. The number of hydrogen-bond acceptors (Lipinski definition) is 7. The number of anilines is 4. The molecular formula is C26H35N7. The quantitative estimate of drug-likeness (QED) is 0.639. The van der Waals surface area contributed by atoms with Gasteiger partial charge in [0, 0.05) is 32.4 Å². The molecule has 3 aliphatic rings. The lowest BCUT2D eigenvalue weighted by atomic mass is 9.83. The van der Waals surface area contributed by atoms with Crippen LogP contribution in [0.15, 0.2) is 24.4 Å². The van der Waals surface area contributed by atoms with E-state index in [0.29, 0.717) is 23.8 Å². The lowest BCUT2D eigenvalue weighted by Gasteiger charge is -2.44. The number of fused-ring (bicyclic) bond motifs is 1. The third-order valence-corrected chi connectivity index (χ3v) is 7.46. The Morgan fingerprint density at radius 3 is 2.76 bits per heavy atom. The molecule has 0 bridgehead atoms. The number of hydrogen-bond donors (Lipinski definition) is 2. The molecule has 33 heavy (non-hydrogen) atoms. The molecule has 3 heterocycles. The van der Waals surface area contributed by atoms with Crippen molar-refractivity contribution in [2.45, 2.75) is 56.9 Å². The Labute approximate surface area is 197 Å². The van der Waals surface area contributed by atoms with Crippen LogP contribution in [0.1, 0.15) is 62.0 Å². The number of benzene rings is 1. The van der Waals surface area contributed by atoms with Crippen LogP contribution in [0.25, 0.3) is 0 Å². The molecule has 1 aliphatic carbocycles. The molecule has 0 radical (unpaired) electrons. The topological polar surface area (TPSA) is 80.1 Å². The summed E-state index contributed by atoms with van der Waals surface area (Å²) >= 11 is 0. The van der Waals surface area contributed by atoms with Crippen molar-refractivity contribution < 1.29 is 0 Å². The molecule has 2 saturated heterocycles. The normalized spacial score (nSPS) is 22.8. The zero-order chi connectivity index (χ0) is 22.8. The summed E-state index contributed by atoms with van der Waals surface area (Å²) < 4.78 is 0. The van der Waals surface area contributed by atoms with Gasteiger partial charge < -0.3 is 20.4 Å². The third kappa shape index (κ3) is 4.91. The van der Waals surface area contributed by atoms with Crippen LogP contribution in [-0.4, -0.2) is 54.6 Å². The molecule has 174 valence electrons. The van der Waals surface area contributed by atoms with E-state index in [0.717, 1.165) is 29.3 Å². The Bertz CT molecular complexity index is 1020. The second-order valence-corrected chi connectivity index (χ2v) is 10.0. The second-order valence-electron chi connectivity index (χ2n) is 10.0. The van der Waals surface area contributed by atoms with Crippen molar-refractivity contribution >= 4 is 23.1 Å². The van der Waals surface area contributed by atoms with Crippen molar-refractivity contribution in [3.63, 3.8) is 0 Å². The molecule has 2 aromatic rings. The van der Waals surface area contributed by atoms with E-state index in [1.54, 1.807) is 0 Å². The Balaban J connectivity index is 1.31. The summed E-state index contributed by atoms with van der Waals surface area (Å²) in [6.45, 7) is 3.46. The molecule has 1 aromatic carbocycles. The number of nitrogens with zero attached hydrogens (tertiary/aromatic N) is 5. The maximum Gasteiger partial charge on any atom is 0.229 e. The van der Waals surface area contributed by atoms with E-state index in [1.807, 2.05) is 32.4 Å². The maximum atomic E-state index is 9.58. The van der Waals surface area contributed by atoms with Gasteiger partial charge >= 0.3 is 0 Å². The molecule has 7 nitrogen and oxygen atoms in total. The summed E-state index contributed by atoms with van der Waals surface area (Å²) in [7, 11) is 4.05. The Hall–Kier alpha value is -2.85. The Morgan fingerprint density at radius 2 is 1.97 bits per heavy atom. The van der Waals surface area contributed by atoms with E-state index >= 15 is 0 Å². The van der Waals surface area contributed by atoms with Gasteiger partial charge in [-0.05, 0) is 81.1 Å². The van der Waals surface area contributed by atoms with Crippen LogP contribution in [0, 0.1) is 17.2 Å². The van der Waals surface area contributed by atoms with Gasteiger partial charge in [-0.3, -0.25) is 0 Å². The lowest BCUT2D eigenvalue weighted by Crippen LogP contribution is -2.49. The van der Waals surface area contributed by atoms with E-state index in [-0.39, 0.29) is 0 Å². The highest BCUT2D eigenvalue weighted by atomic mass is 15.2. The fraction of sp³-hybridized carbons (Fsp3) is 0.577. The predicted octanol–water partition coefficient (Wildman–Crippen LogP) is 4.71. The van der Waals surface area contributed by atoms with E-state index in [4.69, 9.17) is 4.98 Å². The minimum atomic E-state index is 0.550. The molecule has 5 rings (SSSR count). The van der Waals surface area contributed by atoms with Gasteiger partial charge in [0.15, 0.2) is 5.82 Å². The highest BCUT2D eigenvalue weighted by Gasteiger charge is 2.33. The Morgan fingerprint density at radius 1 is 1.12 bits per heavy atom. The first-order valence-corrected chi connectivity index (χ1v) is 12.5. The number of aromatic nitrogens is 2. The second kappa shape index (κ2) is 9.56. The fourth-order valence-corrected chi connectivity index (χ4v) is 5.55. The molecule has 1 saturated carbocycles. The number of rotatable bonds is 7. The highest BCUT2D eigenvalue weighted by molar-refractivity contribution is 5.67. The predicted molar refractivity (Wildman–Crippen MR) is 133 cm³/mol.